The molecule has 21 heavy (non-hydrogen) atoms. The van der Waals surface area contributed by atoms with Gasteiger partial charge in [-0.2, -0.15) is 4.31 Å². The summed E-state index contributed by atoms with van der Waals surface area (Å²) < 4.78 is 38.7. The molecule has 1 aromatic carbocycles. The van der Waals surface area contributed by atoms with Gasteiger partial charge in [0.1, 0.15) is 10.7 Å². The Bertz CT molecular complexity index is 660. The van der Waals surface area contributed by atoms with E-state index in [1.165, 1.54) is 0 Å². The van der Waals surface area contributed by atoms with Gasteiger partial charge in [-0.25, -0.2) is 17.6 Å². The smallest absolute Gasteiger partial charge is 0.335 e. The van der Waals surface area contributed by atoms with Crippen molar-refractivity contribution in [3.8, 4) is 0 Å². The molecule has 0 atom stereocenters. The fourth-order valence-electron chi connectivity index (χ4n) is 1.54. The lowest BCUT2D eigenvalue weighted by atomic mass is 10.2. The monoisotopic (exact) mass is 318 g/mol. The lowest BCUT2D eigenvalue weighted by molar-refractivity contribution is -0.121. The summed E-state index contributed by atoms with van der Waals surface area (Å²) in [7, 11) is -3.20. The Morgan fingerprint density at radius 2 is 2.00 bits per heavy atom. The first kappa shape index (κ1) is 17.1. The van der Waals surface area contributed by atoms with Gasteiger partial charge in [0.05, 0.1) is 12.1 Å². The second-order valence-electron chi connectivity index (χ2n) is 4.16. The lowest BCUT2D eigenvalue weighted by Crippen LogP contribution is -2.38. The highest BCUT2D eigenvalue weighted by Crippen LogP contribution is 2.20. The van der Waals surface area contributed by atoms with Gasteiger partial charge < -0.3 is 10.4 Å². The Morgan fingerprint density at radius 3 is 2.52 bits per heavy atom. The van der Waals surface area contributed by atoms with E-state index in [2.05, 4.69) is 5.32 Å². The van der Waals surface area contributed by atoms with Crippen molar-refractivity contribution in [3.63, 3.8) is 0 Å². The summed E-state index contributed by atoms with van der Waals surface area (Å²) >= 11 is 0. The molecule has 1 amide bonds. The van der Waals surface area contributed by atoms with Gasteiger partial charge in [-0.15, -0.1) is 0 Å². The molecular formula is C12H15FN2O5S. The summed E-state index contributed by atoms with van der Waals surface area (Å²) in [5, 5.41) is 11.2. The van der Waals surface area contributed by atoms with E-state index in [0.717, 1.165) is 25.2 Å². The first-order chi connectivity index (χ1) is 9.70. The zero-order valence-corrected chi connectivity index (χ0v) is 12.3. The fraction of sp³-hybridized carbons (Fsp3) is 0.333. The zero-order chi connectivity index (χ0) is 16.2. The molecule has 2 N–H and O–H groups in total. The SMILES string of the molecule is CCNC(=O)CN(C)S(=O)(=O)c1cc(C(=O)O)ccc1F. The molecule has 0 heterocycles. The van der Waals surface area contributed by atoms with Crippen LogP contribution in [0.4, 0.5) is 4.39 Å². The Balaban J connectivity index is 3.15. The quantitative estimate of drug-likeness (QED) is 0.784. The number of likely N-dealkylation sites (N-methyl/N-ethyl adjacent to an activating group) is 2. The first-order valence-corrected chi connectivity index (χ1v) is 7.40. The lowest BCUT2D eigenvalue weighted by Gasteiger charge is -2.17. The van der Waals surface area contributed by atoms with Crippen molar-refractivity contribution in [2.75, 3.05) is 20.1 Å². The molecule has 0 spiro atoms. The highest BCUT2D eigenvalue weighted by molar-refractivity contribution is 7.89. The minimum absolute atomic E-state index is 0.329. The van der Waals surface area contributed by atoms with Crippen LogP contribution in [0.5, 0.6) is 0 Å². The van der Waals surface area contributed by atoms with Crippen LogP contribution in [0.15, 0.2) is 23.1 Å². The summed E-state index contributed by atoms with van der Waals surface area (Å²) in [4.78, 5) is 21.4. The van der Waals surface area contributed by atoms with Gasteiger partial charge in [0.15, 0.2) is 0 Å². The Kier molecular flexibility index (Phi) is 5.39. The van der Waals surface area contributed by atoms with Crippen LogP contribution in [0, 0.1) is 5.82 Å². The number of hydrogen-bond donors (Lipinski definition) is 2. The van der Waals surface area contributed by atoms with Crippen LogP contribution in [-0.2, 0) is 14.8 Å². The van der Waals surface area contributed by atoms with Crippen molar-refractivity contribution < 1.29 is 27.5 Å². The van der Waals surface area contributed by atoms with Crippen LogP contribution in [-0.4, -0.2) is 49.8 Å². The number of carbonyl (C=O) groups excluding carboxylic acids is 1. The summed E-state index contributed by atoms with van der Waals surface area (Å²) in [5.74, 6) is -3.00. The predicted octanol–water partition coefficient (Wildman–Crippen LogP) is 0.281. The summed E-state index contributed by atoms with van der Waals surface area (Å²) in [6, 6.07) is 2.44. The standard InChI is InChI=1S/C12H15FN2O5S/c1-3-14-11(16)7-15(2)21(19,20)10-6-8(12(17)18)4-5-9(10)13/h4-6H,3,7H2,1-2H3,(H,14,16)(H,17,18). The Morgan fingerprint density at radius 1 is 1.38 bits per heavy atom. The number of amides is 1. The first-order valence-electron chi connectivity index (χ1n) is 5.96. The van der Waals surface area contributed by atoms with Gasteiger partial charge in [0.2, 0.25) is 15.9 Å². The van der Waals surface area contributed by atoms with Crippen LogP contribution in [0.2, 0.25) is 0 Å². The van der Waals surface area contributed by atoms with Gasteiger partial charge in [-0.05, 0) is 25.1 Å². The van der Waals surface area contributed by atoms with E-state index in [1.807, 2.05) is 0 Å². The normalized spacial score (nSPS) is 11.4. The summed E-state index contributed by atoms with van der Waals surface area (Å²) in [6.45, 7) is 1.50. The number of benzene rings is 1. The van der Waals surface area contributed by atoms with Crippen LogP contribution < -0.4 is 5.32 Å². The number of carboxylic acid groups (broad SMARTS) is 1. The fourth-order valence-corrected chi connectivity index (χ4v) is 2.76. The van der Waals surface area contributed by atoms with Crippen molar-refractivity contribution in [3.05, 3.63) is 29.6 Å². The maximum Gasteiger partial charge on any atom is 0.335 e. The molecule has 1 rings (SSSR count). The van der Waals surface area contributed by atoms with E-state index >= 15 is 0 Å². The molecular weight excluding hydrogens is 303 g/mol. The number of hydrogen-bond acceptors (Lipinski definition) is 4. The third-order valence-electron chi connectivity index (χ3n) is 2.61. The van der Waals surface area contributed by atoms with Gasteiger partial charge in [0.25, 0.3) is 0 Å². The van der Waals surface area contributed by atoms with Crippen molar-refractivity contribution >= 4 is 21.9 Å². The molecule has 7 nitrogen and oxygen atoms in total. The topological polar surface area (TPSA) is 104 Å². The Labute approximate surface area is 121 Å². The van der Waals surface area contributed by atoms with Crippen molar-refractivity contribution in [1.29, 1.82) is 0 Å². The third kappa shape index (κ3) is 3.99. The second kappa shape index (κ2) is 6.64. The van der Waals surface area contributed by atoms with E-state index in [0.29, 0.717) is 10.8 Å². The van der Waals surface area contributed by atoms with Crippen molar-refractivity contribution in [2.24, 2.45) is 0 Å². The number of aromatic carboxylic acids is 1. The molecule has 0 radical (unpaired) electrons. The number of nitrogens with zero attached hydrogens (tertiary/aromatic N) is 1. The van der Waals surface area contributed by atoms with Crippen LogP contribution >= 0.6 is 0 Å². The maximum absolute atomic E-state index is 13.7. The molecule has 0 aliphatic rings. The maximum atomic E-state index is 13.7. The largest absolute Gasteiger partial charge is 0.478 e. The average Bonchev–Trinajstić information content (AvgIpc) is 2.38. The molecule has 9 heteroatoms. The number of carbonyl (C=O) groups is 2. The highest BCUT2D eigenvalue weighted by Gasteiger charge is 2.27. The van der Waals surface area contributed by atoms with E-state index < -0.39 is 39.2 Å². The third-order valence-corrected chi connectivity index (χ3v) is 4.42. The molecule has 0 saturated heterocycles. The van der Waals surface area contributed by atoms with Crippen LogP contribution in [0.1, 0.15) is 17.3 Å². The second-order valence-corrected chi connectivity index (χ2v) is 6.18. The van der Waals surface area contributed by atoms with E-state index in [9.17, 15) is 22.4 Å². The van der Waals surface area contributed by atoms with Crippen LogP contribution in [0.25, 0.3) is 0 Å². The minimum atomic E-state index is -4.30. The van der Waals surface area contributed by atoms with Gasteiger partial charge >= 0.3 is 5.97 Å². The molecule has 0 fully saturated rings. The van der Waals surface area contributed by atoms with E-state index in [-0.39, 0.29) is 5.56 Å². The number of sulfonamides is 1. The van der Waals surface area contributed by atoms with Crippen molar-refractivity contribution in [1.82, 2.24) is 9.62 Å². The highest BCUT2D eigenvalue weighted by atomic mass is 32.2. The molecule has 0 unspecified atom stereocenters. The predicted molar refractivity (Wildman–Crippen MR) is 71.9 cm³/mol. The molecule has 0 bridgehead atoms. The minimum Gasteiger partial charge on any atom is -0.478 e. The van der Waals surface area contributed by atoms with E-state index in [1.54, 1.807) is 6.92 Å². The Hall–Kier alpha value is -2.00. The molecule has 1 aromatic rings. The summed E-state index contributed by atoms with van der Waals surface area (Å²) in [6.07, 6.45) is 0. The number of carboxylic acids is 1. The van der Waals surface area contributed by atoms with Gasteiger partial charge in [-0.3, -0.25) is 4.79 Å². The van der Waals surface area contributed by atoms with Gasteiger partial charge in [0, 0.05) is 13.6 Å². The van der Waals surface area contributed by atoms with Crippen LogP contribution in [0.3, 0.4) is 0 Å². The average molecular weight is 318 g/mol. The zero-order valence-electron chi connectivity index (χ0n) is 11.5. The number of nitrogens with one attached hydrogen (secondary N) is 1. The molecule has 0 aliphatic carbocycles. The molecule has 0 saturated carbocycles. The molecule has 0 aromatic heterocycles. The molecule has 0 aliphatic heterocycles. The molecule has 116 valence electrons. The van der Waals surface area contributed by atoms with Gasteiger partial charge in [-0.1, -0.05) is 0 Å². The summed E-state index contributed by atoms with van der Waals surface area (Å²) in [5.41, 5.74) is -0.360. The number of halogens is 1. The van der Waals surface area contributed by atoms with E-state index in [4.69, 9.17) is 5.11 Å². The number of rotatable bonds is 6. The van der Waals surface area contributed by atoms with Crippen molar-refractivity contribution in [2.45, 2.75) is 11.8 Å².